The Morgan fingerprint density at radius 2 is 2.00 bits per heavy atom. The summed E-state index contributed by atoms with van der Waals surface area (Å²) >= 11 is 1.44. The first-order chi connectivity index (χ1) is 13.6. The van der Waals surface area contributed by atoms with Gasteiger partial charge in [0.2, 0.25) is 0 Å². The molecule has 1 aromatic carbocycles. The number of esters is 1. The molecule has 0 aliphatic carbocycles. The molecular weight excluding hydrogens is 374 g/mol. The van der Waals surface area contributed by atoms with E-state index in [1.807, 2.05) is 41.2 Å². The molecule has 7 heteroatoms. The van der Waals surface area contributed by atoms with Gasteiger partial charge in [-0.05, 0) is 42.1 Å². The number of pyridine rings is 1. The zero-order valence-electron chi connectivity index (χ0n) is 15.1. The first-order valence-electron chi connectivity index (χ1n) is 8.64. The van der Waals surface area contributed by atoms with Crippen molar-refractivity contribution in [1.82, 2.24) is 9.38 Å². The van der Waals surface area contributed by atoms with E-state index in [0.29, 0.717) is 22.5 Å². The second-order valence-corrected chi connectivity index (χ2v) is 7.07. The third-order valence-corrected chi connectivity index (χ3v) is 4.86. The van der Waals surface area contributed by atoms with Crippen molar-refractivity contribution < 1.29 is 14.3 Å². The minimum atomic E-state index is -0.519. The number of benzene rings is 1. The molecule has 4 rings (SSSR count). The maximum absolute atomic E-state index is 12.6. The maximum Gasteiger partial charge on any atom is 0.340 e. The molecule has 140 valence electrons. The van der Waals surface area contributed by atoms with E-state index in [1.54, 1.807) is 35.7 Å². The maximum atomic E-state index is 12.6. The Morgan fingerprint density at radius 1 is 1.14 bits per heavy atom. The van der Waals surface area contributed by atoms with E-state index in [1.165, 1.54) is 11.3 Å². The summed E-state index contributed by atoms with van der Waals surface area (Å²) in [6, 6.07) is 12.4. The Bertz CT molecular complexity index is 1150. The molecule has 1 N–H and O–H groups in total. The van der Waals surface area contributed by atoms with Crippen molar-refractivity contribution in [2.75, 3.05) is 5.32 Å². The highest BCUT2D eigenvalue weighted by Crippen LogP contribution is 2.19. The number of rotatable bonds is 5. The minimum absolute atomic E-state index is 0.0480. The number of amides is 1. The van der Waals surface area contributed by atoms with Gasteiger partial charge in [0.05, 0.1) is 22.5 Å². The fourth-order valence-corrected chi connectivity index (χ4v) is 3.44. The Kier molecular flexibility index (Phi) is 4.90. The van der Waals surface area contributed by atoms with Gasteiger partial charge in [0, 0.05) is 17.8 Å². The highest BCUT2D eigenvalue weighted by atomic mass is 32.1. The molecule has 0 spiro atoms. The average molecular weight is 391 g/mol. The Balaban J connectivity index is 1.47. The average Bonchev–Trinajstić information content (AvgIpc) is 3.36. The molecule has 3 aromatic heterocycles. The summed E-state index contributed by atoms with van der Waals surface area (Å²) in [4.78, 5) is 29.3. The molecule has 28 heavy (non-hydrogen) atoms. The molecule has 0 unspecified atom stereocenters. The van der Waals surface area contributed by atoms with Gasteiger partial charge in [-0.2, -0.15) is 11.3 Å². The summed E-state index contributed by atoms with van der Waals surface area (Å²) in [7, 11) is 0. The lowest BCUT2D eigenvalue weighted by Crippen LogP contribution is -2.15. The number of para-hydroxylation sites is 1. The van der Waals surface area contributed by atoms with E-state index in [9.17, 15) is 9.59 Å². The number of hydrogen-bond donors (Lipinski definition) is 1. The molecule has 6 nitrogen and oxygen atoms in total. The lowest BCUT2D eigenvalue weighted by Gasteiger charge is -2.10. The van der Waals surface area contributed by atoms with Crippen LogP contribution in [0.1, 0.15) is 32.0 Å². The number of thiophene rings is 1. The molecule has 0 aliphatic rings. The summed E-state index contributed by atoms with van der Waals surface area (Å²) in [5.41, 5.74) is 3.82. The fraction of sp³-hybridized carbons (Fsp3) is 0.0952. The van der Waals surface area contributed by atoms with Gasteiger partial charge < -0.3 is 14.5 Å². The molecule has 4 aromatic rings. The van der Waals surface area contributed by atoms with Gasteiger partial charge in [-0.3, -0.25) is 4.79 Å². The Hall–Kier alpha value is -3.45. The van der Waals surface area contributed by atoms with Crippen molar-refractivity contribution in [2.24, 2.45) is 0 Å². The van der Waals surface area contributed by atoms with Gasteiger partial charge in [0.1, 0.15) is 12.3 Å². The van der Waals surface area contributed by atoms with Crippen LogP contribution in [0.25, 0.3) is 5.65 Å². The van der Waals surface area contributed by atoms with Crippen molar-refractivity contribution in [1.29, 1.82) is 0 Å². The van der Waals surface area contributed by atoms with Crippen LogP contribution in [0.2, 0.25) is 0 Å². The van der Waals surface area contributed by atoms with Crippen molar-refractivity contribution in [3.05, 3.63) is 88.0 Å². The van der Waals surface area contributed by atoms with Crippen LogP contribution < -0.4 is 5.32 Å². The standard InChI is InChI=1S/C21H17N3O3S/c1-14-6-7-19-22-16(11-24(19)10-14)12-27-21(26)17-4-2-3-5-18(17)23-20(25)15-8-9-28-13-15/h2-11,13H,12H2,1H3,(H,23,25). The Morgan fingerprint density at radius 3 is 2.82 bits per heavy atom. The van der Waals surface area contributed by atoms with E-state index >= 15 is 0 Å². The Labute approximate surface area is 165 Å². The van der Waals surface area contributed by atoms with E-state index < -0.39 is 5.97 Å². The molecule has 0 fully saturated rings. The van der Waals surface area contributed by atoms with Crippen LogP contribution >= 0.6 is 11.3 Å². The predicted octanol–water partition coefficient (Wildman–Crippen LogP) is 4.31. The van der Waals surface area contributed by atoms with Gasteiger partial charge in [0.25, 0.3) is 5.91 Å². The molecule has 0 radical (unpaired) electrons. The van der Waals surface area contributed by atoms with Crippen molar-refractivity contribution in [2.45, 2.75) is 13.5 Å². The molecule has 0 bridgehead atoms. The van der Waals surface area contributed by atoms with E-state index in [2.05, 4.69) is 10.3 Å². The summed E-state index contributed by atoms with van der Waals surface area (Å²) in [5.74, 6) is -0.785. The number of fused-ring (bicyclic) bond motifs is 1. The fourth-order valence-electron chi connectivity index (χ4n) is 2.80. The lowest BCUT2D eigenvalue weighted by molar-refractivity contribution is 0.0469. The first kappa shape index (κ1) is 17.9. The summed E-state index contributed by atoms with van der Waals surface area (Å²) < 4.78 is 7.32. The third kappa shape index (κ3) is 3.79. The summed E-state index contributed by atoms with van der Waals surface area (Å²) in [6.45, 7) is 2.05. The second-order valence-electron chi connectivity index (χ2n) is 6.29. The second kappa shape index (κ2) is 7.66. The SMILES string of the molecule is Cc1ccc2nc(COC(=O)c3ccccc3NC(=O)c3ccsc3)cn2c1. The number of nitrogens with zero attached hydrogens (tertiary/aromatic N) is 2. The van der Waals surface area contributed by atoms with Crippen molar-refractivity contribution in [3.8, 4) is 0 Å². The number of anilines is 1. The molecule has 0 aliphatic heterocycles. The van der Waals surface area contributed by atoms with Crippen LogP contribution in [-0.2, 0) is 11.3 Å². The van der Waals surface area contributed by atoms with Crippen LogP contribution in [-0.4, -0.2) is 21.3 Å². The van der Waals surface area contributed by atoms with Gasteiger partial charge in [0.15, 0.2) is 0 Å². The van der Waals surface area contributed by atoms with Gasteiger partial charge in [-0.15, -0.1) is 0 Å². The summed E-state index contributed by atoms with van der Waals surface area (Å²) in [6.07, 6.45) is 3.79. The van der Waals surface area contributed by atoms with Crippen LogP contribution in [0.4, 0.5) is 5.69 Å². The zero-order valence-corrected chi connectivity index (χ0v) is 15.9. The monoisotopic (exact) mass is 391 g/mol. The molecular formula is C21H17N3O3S. The van der Waals surface area contributed by atoms with E-state index in [4.69, 9.17) is 4.74 Å². The largest absolute Gasteiger partial charge is 0.455 e. The number of aromatic nitrogens is 2. The number of imidazole rings is 1. The quantitative estimate of drug-likeness (QED) is 0.515. The highest BCUT2D eigenvalue weighted by molar-refractivity contribution is 7.08. The number of nitrogens with one attached hydrogen (secondary N) is 1. The van der Waals surface area contributed by atoms with Crippen molar-refractivity contribution in [3.63, 3.8) is 0 Å². The van der Waals surface area contributed by atoms with Crippen LogP contribution in [0.5, 0.6) is 0 Å². The van der Waals surface area contributed by atoms with E-state index in [0.717, 1.165) is 11.2 Å². The smallest absolute Gasteiger partial charge is 0.340 e. The van der Waals surface area contributed by atoms with Crippen LogP contribution in [0.15, 0.2) is 65.6 Å². The lowest BCUT2D eigenvalue weighted by atomic mass is 10.1. The van der Waals surface area contributed by atoms with E-state index in [-0.39, 0.29) is 12.5 Å². The van der Waals surface area contributed by atoms with Gasteiger partial charge in [-0.1, -0.05) is 18.2 Å². The first-order valence-corrected chi connectivity index (χ1v) is 9.58. The highest BCUT2D eigenvalue weighted by Gasteiger charge is 2.16. The van der Waals surface area contributed by atoms with Crippen LogP contribution in [0, 0.1) is 6.92 Å². The number of carbonyl (C=O) groups is 2. The molecule has 1 amide bonds. The molecule has 3 heterocycles. The predicted molar refractivity (Wildman–Crippen MR) is 108 cm³/mol. The number of aryl methyl sites for hydroxylation is 1. The van der Waals surface area contributed by atoms with Crippen LogP contribution in [0.3, 0.4) is 0 Å². The van der Waals surface area contributed by atoms with Crippen molar-refractivity contribution >= 4 is 34.5 Å². The third-order valence-electron chi connectivity index (χ3n) is 4.18. The number of hydrogen-bond acceptors (Lipinski definition) is 5. The van der Waals surface area contributed by atoms with Gasteiger partial charge in [-0.25, -0.2) is 9.78 Å². The minimum Gasteiger partial charge on any atom is -0.455 e. The number of carbonyl (C=O) groups excluding carboxylic acids is 2. The topological polar surface area (TPSA) is 72.7 Å². The molecule has 0 saturated heterocycles. The van der Waals surface area contributed by atoms with Gasteiger partial charge >= 0.3 is 5.97 Å². The normalized spacial score (nSPS) is 10.8. The summed E-state index contributed by atoms with van der Waals surface area (Å²) in [5, 5.41) is 6.34. The molecule has 0 saturated carbocycles. The number of ether oxygens (including phenoxy) is 1. The zero-order chi connectivity index (χ0) is 19.5. The molecule has 0 atom stereocenters.